The molecule has 0 spiro atoms. The average molecular weight is 344 g/mol. The average Bonchev–Trinajstić information content (AvgIpc) is 3.32. The molecule has 1 fully saturated rings. The molecule has 1 aliphatic rings. The third kappa shape index (κ3) is 4.54. The third-order valence-corrected chi connectivity index (χ3v) is 4.14. The fraction of sp³-hybridized carbons (Fsp3) is 0.529. The van der Waals surface area contributed by atoms with Gasteiger partial charge in [0.15, 0.2) is 6.29 Å². The molecule has 0 aliphatic heterocycles. The van der Waals surface area contributed by atoms with Gasteiger partial charge in [-0.15, -0.1) is 0 Å². The first-order valence-corrected chi connectivity index (χ1v) is 8.68. The molecule has 0 amide bonds. The molecule has 25 heavy (non-hydrogen) atoms. The van der Waals surface area contributed by atoms with E-state index in [1.54, 1.807) is 6.20 Å². The number of anilines is 2. The number of aromatic nitrogens is 4. The number of hydrogen-bond acceptors (Lipinski definition) is 7. The van der Waals surface area contributed by atoms with Crippen molar-refractivity contribution in [3.8, 4) is 5.88 Å². The van der Waals surface area contributed by atoms with Crippen molar-refractivity contribution < 1.29 is 9.53 Å². The quantitative estimate of drug-likeness (QED) is 0.639. The summed E-state index contributed by atoms with van der Waals surface area (Å²) >= 11 is 0. The lowest BCUT2D eigenvalue weighted by Gasteiger charge is -2.14. The second-order valence-electron chi connectivity index (χ2n) is 6.18. The third-order valence-electron chi connectivity index (χ3n) is 4.14. The molecule has 3 rings (SSSR count). The first-order valence-electron chi connectivity index (χ1n) is 8.68. The highest BCUT2D eigenvalue weighted by Gasteiger charge is 2.25. The number of carbonyl (C=O) groups excluding carboxylic acids is 1. The van der Waals surface area contributed by atoms with Crippen molar-refractivity contribution in [2.45, 2.75) is 44.8 Å². The number of hydrogen-bond donors (Lipinski definition) is 2. The van der Waals surface area contributed by atoms with E-state index in [-0.39, 0.29) is 6.10 Å². The Morgan fingerprint density at radius 1 is 1.44 bits per heavy atom. The second-order valence-corrected chi connectivity index (χ2v) is 6.18. The number of ether oxygens (including phenoxy) is 1. The van der Waals surface area contributed by atoms with E-state index in [4.69, 9.17) is 4.74 Å². The lowest BCUT2D eigenvalue weighted by atomic mass is 10.1. The zero-order chi connectivity index (χ0) is 17.6. The van der Waals surface area contributed by atoms with Gasteiger partial charge in [0.2, 0.25) is 11.8 Å². The monoisotopic (exact) mass is 344 g/mol. The molecule has 0 saturated heterocycles. The second kappa shape index (κ2) is 8.06. The van der Waals surface area contributed by atoms with E-state index in [1.807, 2.05) is 17.9 Å². The highest BCUT2D eigenvalue weighted by atomic mass is 16.5. The fourth-order valence-electron chi connectivity index (χ4n) is 2.52. The summed E-state index contributed by atoms with van der Waals surface area (Å²) < 4.78 is 7.64. The van der Waals surface area contributed by atoms with Gasteiger partial charge in [-0.3, -0.25) is 9.48 Å². The molecule has 8 heteroatoms. The Kier molecular flexibility index (Phi) is 5.60. The van der Waals surface area contributed by atoms with Crippen LogP contribution in [0.4, 0.5) is 11.6 Å². The van der Waals surface area contributed by atoms with Crippen molar-refractivity contribution in [2.24, 2.45) is 0 Å². The smallest absolute Gasteiger partial charge is 0.230 e. The maximum atomic E-state index is 11.1. The van der Waals surface area contributed by atoms with Gasteiger partial charge in [0.1, 0.15) is 6.10 Å². The Hall–Kier alpha value is -2.48. The molecule has 2 N–H and O–H groups in total. The minimum Gasteiger partial charge on any atom is -0.474 e. The van der Waals surface area contributed by atoms with Crippen LogP contribution >= 0.6 is 0 Å². The zero-order valence-corrected chi connectivity index (χ0v) is 14.6. The van der Waals surface area contributed by atoms with Crippen molar-refractivity contribution in [3.63, 3.8) is 0 Å². The van der Waals surface area contributed by atoms with Crippen LogP contribution in [0.5, 0.6) is 5.88 Å². The van der Waals surface area contributed by atoms with E-state index in [0.29, 0.717) is 29.7 Å². The summed E-state index contributed by atoms with van der Waals surface area (Å²) in [6.45, 7) is 3.09. The number of carbonyl (C=O) groups is 1. The van der Waals surface area contributed by atoms with Gasteiger partial charge in [-0.05, 0) is 39.3 Å². The van der Waals surface area contributed by atoms with Crippen LogP contribution in [0.3, 0.4) is 0 Å². The Morgan fingerprint density at radius 2 is 2.28 bits per heavy atom. The lowest BCUT2D eigenvalue weighted by molar-refractivity contribution is 0.111. The Labute approximate surface area is 147 Å². The van der Waals surface area contributed by atoms with Crippen LogP contribution < -0.4 is 15.4 Å². The molecule has 134 valence electrons. The van der Waals surface area contributed by atoms with E-state index < -0.39 is 0 Å². The van der Waals surface area contributed by atoms with Crippen molar-refractivity contribution in [2.75, 3.05) is 18.9 Å². The van der Waals surface area contributed by atoms with Crippen molar-refractivity contribution in [1.82, 2.24) is 25.1 Å². The summed E-state index contributed by atoms with van der Waals surface area (Å²) in [5.74, 6) is 0.729. The molecule has 0 aromatic carbocycles. The molecule has 0 radical (unpaired) electrons. The van der Waals surface area contributed by atoms with Gasteiger partial charge in [-0.2, -0.15) is 10.1 Å². The Morgan fingerprint density at radius 3 is 2.96 bits per heavy atom. The standard InChI is InChI=1S/C17H24N6O2/c1-3-14(6-7-18-2)23-10-13(9-20-23)21-17-19-8-12(11-24)16(22-17)25-15-4-5-15/h8-11,14-15,18H,3-7H2,1-2H3,(H,19,21,22). The van der Waals surface area contributed by atoms with Gasteiger partial charge < -0.3 is 15.4 Å². The predicted octanol–water partition coefficient (Wildman–Crippen LogP) is 2.33. The van der Waals surface area contributed by atoms with E-state index in [9.17, 15) is 4.79 Å². The molecule has 2 heterocycles. The van der Waals surface area contributed by atoms with E-state index in [2.05, 4.69) is 32.6 Å². The molecular formula is C17H24N6O2. The van der Waals surface area contributed by atoms with Crippen LogP contribution in [0.15, 0.2) is 18.6 Å². The van der Waals surface area contributed by atoms with Gasteiger partial charge in [-0.1, -0.05) is 6.92 Å². The van der Waals surface area contributed by atoms with Crippen molar-refractivity contribution >= 4 is 17.9 Å². The van der Waals surface area contributed by atoms with Gasteiger partial charge in [0.05, 0.1) is 23.5 Å². The zero-order valence-electron chi connectivity index (χ0n) is 14.6. The first-order chi connectivity index (χ1) is 12.2. The van der Waals surface area contributed by atoms with Crippen LogP contribution in [0.25, 0.3) is 0 Å². The summed E-state index contributed by atoms with van der Waals surface area (Å²) in [5, 5.41) is 10.7. The SMILES string of the molecule is CCC(CCNC)n1cc(Nc2ncc(C=O)c(OC3CC3)n2)cn1. The van der Waals surface area contributed by atoms with E-state index in [0.717, 1.165) is 37.9 Å². The van der Waals surface area contributed by atoms with Gasteiger partial charge >= 0.3 is 0 Å². The van der Waals surface area contributed by atoms with Crippen LogP contribution in [-0.2, 0) is 0 Å². The first kappa shape index (κ1) is 17.3. The summed E-state index contributed by atoms with van der Waals surface area (Å²) in [5.41, 5.74) is 1.17. The number of nitrogens with zero attached hydrogens (tertiary/aromatic N) is 4. The van der Waals surface area contributed by atoms with Crippen LogP contribution in [0.2, 0.25) is 0 Å². The molecule has 8 nitrogen and oxygen atoms in total. The van der Waals surface area contributed by atoms with E-state index in [1.165, 1.54) is 6.20 Å². The molecule has 1 unspecified atom stereocenters. The van der Waals surface area contributed by atoms with Gasteiger partial charge in [0.25, 0.3) is 0 Å². The maximum absolute atomic E-state index is 11.1. The predicted molar refractivity (Wildman–Crippen MR) is 94.5 cm³/mol. The molecule has 2 aromatic heterocycles. The molecule has 1 saturated carbocycles. The largest absolute Gasteiger partial charge is 0.474 e. The molecule has 2 aromatic rings. The van der Waals surface area contributed by atoms with Crippen molar-refractivity contribution in [1.29, 1.82) is 0 Å². The Balaban J connectivity index is 1.70. The van der Waals surface area contributed by atoms with Crippen molar-refractivity contribution in [3.05, 3.63) is 24.2 Å². The number of nitrogens with one attached hydrogen (secondary N) is 2. The van der Waals surface area contributed by atoms with Crippen LogP contribution in [0.1, 0.15) is 49.0 Å². The van der Waals surface area contributed by atoms with Crippen LogP contribution in [-0.4, -0.2) is 45.7 Å². The van der Waals surface area contributed by atoms with Gasteiger partial charge in [0, 0.05) is 12.4 Å². The highest BCUT2D eigenvalue weighted by Crippen LogP contribution is 2.28. The Bertz CT molecular complexity index is 713. The number of aldehydes is 1. The van der Waals surface area contributed by atoms with Gasteiger partial charge in [-0.25, -0.2) is 4.98 Å². The summed E-state index contributed by atoms with van der Waals surface area (Å²) in [4.78, 5) is 19.6. The fourth-order valence-corrected chi connectivity index (χ4v) is 2.52. The molecular weight excluding hydrogens is 320 g/mol. The summed E-state index contributed by atoms with van der Waals surface area (Å²) in [6.07, 6.45) is 10.1. The van der Waals surface area contributed by atoms with Crippen LogP contribution in [0, 0.1) is 0 Å². The molecule has 1 atom stereocenters. The minimum atomic E-state index is 0.168. The summed E-state index contributed by atoms with van der Waals surface area (Å²) in [6, 6.07) is 0.343. The normalized spacial score (nSPS) is 15.0. The maximum Gasteiger partial charge on any atom is 0.230 e. The number of rotatable bonds is 10. The lowest BCUT2D eigenvalue weighted by Crippen LogP contribution is -2.16. The highest BCUT2D eigenvalue weighted by molar-refractivity contribution is 5.78. The topological polar surface area (TPSA) is 94.0 Å². The molecule has 1 aliphatic carbocycles. The minimum absolute atomic E-state index is 0.168. The molecule has 0 bridgehead atoms. The van der Waals surface area contributed by atoms with E-state index >= 15 is 0 Å². The summed E-state index contributed by atoms with van der Waals surface area (Å²) in [7, 11) is 1.95.